The molecule has 5 nitrogen and oxygen atoms in total. The van der Waals surface area contributed by atoms with Gasteiger partial charge in [-0.3, -0.25) is 4.79 Å². The molecule has 3 aromatic rings. The van der Waals surface area contributed by atoms with E-state index in [4.69, 9.17) is 16.3 Å². The zero-order valence-electron chi connectivity index (χ0n) is 15.4. The summed E-state index contributed by atoms with van der Waals surface area (Å²) in [6.45, 7) is 1.79. The van der Waals surface area contributed by atoms with Crippen LogP contribution < -0.4 is 5.56 Å². The summed E-state index contributed by atoms with van der Waals surface area (Å²) >= 11 is 5.98. The van der Waals surface area contributed by atoms with Crippen LogP contribution in [0.15, 0.2) is 47.3 Å². The Labute approximate surface area is 167 Å². The maximum Gasteiger partial charge on any atom is 0.347 e. The van der Waals surface area contributed by atoms with Gasteiger partial charge >= 0.3 is 5.97 Å². The van der Waals surface area contributed by atoms with Gasteiger partial charge in [0.1, 0.15) is 5.75 Å². The normalized spacial score (nSPS) is 15.6. The lowest BCUT2D eigenvalue weighted by molar-refractivity contribution is 0.0520. The summed E-state index contributed by atoms with van der Waals surface area (Å²) in [4.78, 5) is 25.7. The summed E-state index contributed by atoms with van der Waals surface area (Å²) < 4.78 is 6.69. The lowest BCUT2D eigenvalue weighted by Gasteiger charge is -2.29. The van der Waals surface area contributed by atoms with Gasteiger partial charge in [-0.05, 0) is 55.5 Å². The Kier molecular flexibility index (Phi) is 4.85. The van der Waals surface area contributed by atoms with Gasteiger partial charge in [0.2, 0.25) is 0 Å². The Morgan fingerprint density at radius 2 is 2.00 bits per heavy atom. The Balaban J connectivity index is 1.92. The quantitative estimate of drug-likeness (QED) is 0.667. The molecule has 0 amide bonds. The summed E-state index contributed by atoms with van der Waals surface area (Å²) in [5, 5.41) is 11.8. The van der Waals surface area contributed by atoms with Crippen molar-refractivity contribution in [3.63, 3.8) is 0 Å². The van der Waals surface area contributed by atoms with Crippen molar-refractivity contribution in [1.82, 2.24) is 4.57 Å². The number of hydrogen-bond acceptors (Lipinski definition) is 4. The van der Waals surface area contributed by atoms with Crippen molar-refractivity contribution >= 4 is 28.5 Å². The van der Waals surface area contributed by atoms with Gasteiger partial charge in [-0.1, -0.05) is 35.9 Å². The predicted molar refractivity (Wildman–Crippen MR) is 108 cm³/mol. The van der Waals surface area contributed by atoms with Crippen molar-refractivity contribution in [1.29, 1.82) is 0 Å². The molecule has 0 saturated heterocycles. The number of pyridine rings is 1. The Bertz CT molecular complexity index is 1120. The number of aryl methyl sites for hydroxylation is 1. The third-order valence-corrected chi connectivity index (χ3v) is 5.51. The van der Waals surface area contributed by atoms with E-state index in [9.17, 15) is 14.7 Å². The van der Waals surface area contributed by atoms with Gasteiger partial charge in [0.05, 0.1) is 12.1 Å². The first kappa shape index (κ1) is 18.6. The third kappa shape index (κ3) is 3.06. The monoisotopic (exact) mass is 397 g/mol. The average Bonchev–Trinajstić information content (AvgIpc) is 2.68. The Hall–Kier alpha value is -2.79. The molecule has 6 heteroatoms. The van der Waals surface area contributed by atoms with Gasteiger partial charge in [-0.25, -0.2) is 4.79 Å². The second kappa shape index (κ2) is 7.32. The number of aromatic nitrogens is 1. The first-order chi connectivity index (χ1) is 13.5. The van der Waals surface area contributed by atoms with Gasteiger partial charge in [-0.2, -0.15) is 0 Å². The SMILES string of the molecule is CCOC(=O)c1c(O)c2cccc3c2n(c1=O)C(Cc1ccc(Cl)cc1)CC3. The highest BCUT2D eigenvalue weighted by Crippen LogP contribution is 2.36. The second-order valence-corrected chi connectivity index (χ2v) is 7.39. The van der Waals surface area contributed by atoms with E-state index in [1.807, 2.05) is 36.4 Å². The Morgan fingerprint density at radius 1 is 1.25 bits per heavy atom. The fourth-order valence-electron chi connectivity index (χ4n) is 4.00. The highest BCUT2D eigenvalue weighted by Gasteiger charge is 2.30. The number of aromatic hydroxyl groups is 1. The lowest BCUT2D eigenvalue weighted by Crippen LogP contribution is -2.34. The van der Waals surface area contributed by atoms with Crippen LogP contribution in [0.1, 0.15) is 40.9 Å². The fraction of sp³-hybridized carbons (Fsp3) is 0.273. The first-order valence-corrected chi connectivity index (χ1v) is 9.69. The maximum atomic E-state index is 13.3. The number of rotatable bonds is 4. The molecular weight excluding hydrogens is 378 g/mol. The smallest absolute Gasteiger partial charge is 0.347 e. The number of para-hydroxylation sites is 1. The number of carbonyl (C=O) groups is 1. The van der Waals surface area contributed by atoms with Crippen molar-refractivity contribution in [2.45, 2.75) is 32.2 Å². The standard InChI is InChI=1S/C22H20ClNO4/c1-2-28-22(27)18-20(25)17-5-3-4-14-8-11-16(24(19(14)17)21(18)26)12-13-6-9-15(23)10-7-13/h3-7,9-10,16,25H,2,8,11-12H2,1H3. The molecule has 1 aliphatic rings. The van der Waals surface area contributed by atoms with Crippen LogP contribution >= 0.6 is 11.6 Å². The molecule has 2 heterocycles. The Morgan fingerprint density at radius 3 is 2.71 bits per heavy atom. The second-order valence-electron chi connectivity index (χ2n) is 6.96. The summed E-state index contributed by atoms with van der Waals surface area (Å²) in [5.74, 6) is -1.10. The van der Waals surface area contributed by atoms with E-state index in [1.54, 1.807) is 17.6 Å². The number of nitrogens with zero attached hydrogens (tertiary/aromatic N) is 1. The van der Waals surface area contributed by atoms with Gasteiger partial charge in [0.25, 0.3) is 5.56 Å². The molecule has 4 rings (SSSR count). The van der Waals surface area contributed by atoms with E-state index in [0.717, 1.165) is 24.0 Å². The van der Waals surface area contributed by atoms with E-state index in [1.165, 1.54) is 0 Å². The van der Waals surface area contributed by atoms with Crippen LogP contribution in [0.5, 0.6) is 5.75 Å². The van der Waals surface area contributed by atoms with Crippen molar-refractivity contribution in [2.75, 3.05) is 6.61 Å². The fourth-order valence-corrected chi connectivity index (χ4v) is 4.13. The molecule has 2 aromatic carbocycles. The van der Waals surface area contributed by atoms with Gasteiger partial charge in [0, 0.05) is 16.5 Å². The van der Waals surface area contributed by atoms with Gasteiger partial charge in [-0.15, -0.1) is 0 Å². The van der Waals surface area contributed by atoms with E-state index < -0.39 is 11.5 Å². The summed E-state index contributed by atoms with van der Waals surface area (Å²) in [6, 6.07) is 12.9. The largest absolute Gasteiger partial charge is 0.506 e. The summed E-state index contributed by atoms with van der Waals surface area (Å²) in [5.41, 5.74) is 1.94. The molecule has 0 radical (unpaired) electrons. The van der Waals surface area contributed by atoms with Crippen LogP contribution in [0.3, 0.4) is 0 Å². The van der Waals surface area contributed by atoms with Crippen molar-refractivity contribution in [3.8, 4) is 5.75 Å². The maximum absolute atomic E-state index is 13.3. The molecule has 0 saturated carbocycles. The average molecular weight is 398 g/mol. The number of hydrogen-bond donors (Lipinski definition) is 1. The number of halogens is 1. The zero-order valence-corrected chi connectivity index (χ0v) is 16.2. The molecule has 1 aliphatic heterocycles. The number of carbonyl (C=O) groups excluding carboxylic acids is 1. The molecule has 0 fully saturated rings. The zero-order chi connectivity index (χ0) is 19.8. The van der Waals surface area contributed by atoms with E-state index in [0.29, 0.717) is 22.3 Å². The minimum atomic E-state index is -0.795. The number of benzene rings is 2. The molecule has 0 spiro atoms. The highest BCUT2D eigenvalue weighted by molar-refractivity contribution is 6.30. The molecule has 1 atom stereocenters. The minimum absolute atomic E-state index is 0.125. The molecule has 1 aromatic heterocycles. The molecule has 1 unspecified atom stereocenters. The summed E-state index contributed by atoms with van der Waals surface area (Å²) in [6.07, 6.45) is 2.20. The molecule has 1 N–H and O–H groups in total. The lowest BCUT2D eigenvalue weighted by atomic mass is 9.92. The van der Waals surface area contributed by atoms with Crippen LogP contribution in [-0.4, -0.2) is 22.2 Å². The number of esters is 1. The molecule has 0 aliphatic carbocycles. The van der Waals surface area contributed by atoms with Crippen molar-refractivity contribution in [3.05, 3.63) is 74.5 Å². The number of ether oxygens (including phenoxy) is 1. The highest BCUT2D eigenvalue weighted by atomic mass is 35.5. The van der Waals surface area contributed by atoms with Gasteiger partial charge in [0.15, 0.2) is 5.56 Å². The van der Waals surface area contributed by atoms with Crippen LogP contribution in [0.25, 0.3) is 10.9 Å². The van der Waals surface area contributed by atoms with E-state index in [-0.39, 0.29) is 24.0 Å². The van der Waals surface area contributed by atoms with Gasteiger partial charge < -0.3 is 14.4 Å². The molecule has 28 heavy (non-hydrogen) atoms. The van der Waals surface area contributed by atoms with Crippen molar-refractivity contribution in [2.24, 2.45) is 0 Å². The van der Waals surface area contributed by atoms with Crippen LogP contribution in [0.4, 0.5) is 0 Å². The van der Waals surface area contributed by atoms with Crippen LogP contribution in [0, 0.1) is 0 Å². The first-order valence-electron chi connectivity index (χ1n) is 9.32. The third-order valence-electron chi connectivity index (χ3n) is 5.26. The molecule has 144 valence electrons. The molecular formula is C22H20ClNO4. The predicted octanol–water partition coefficient (Wildman–Crippen LogP) is 4.27. The minimum Gasteiger partial charge on any atom is -0.506 e. The van der Waals surface area contributed by atoms with E-state index >= 15 is 0 Å². The van der Waals surface area contributed by atoms with Crippen molar-refractivity contribution < 1.29 is 14.6 Å². The molecule has 0 bridgehead atoms. The van der Waals surface area contributed by atoms with Crippen LogP contribution in [0.2, 0.25) is 5.02 Å². The van der Waals surface area contributed by atoms with Crippen LogP contribution in [-0.2, 0) is 17.6 Å². The topological polar surface area (TPSA) is 68.5 Å². The summed E-state index contributed by atoms with van der Waals surface area (Å²) in [7, 11) is 0. The van der Waals surface area contributed by atoms with E-state index in [2.05, 4.69) is 0 Å².